The van der Waals surface area contributed by atoms with Crippen LogP contribution in [0.2, 0.25) is 0 Å². The van der Waals surface area contributed by atoms with Gasteiger partial charge in [-0.25, -0.2) is 0 Å². The first-order valence-corrected chi connectivity index (χ1v) is 12.0. The third-order valence-electron chi connectivity index (χ3n) is 6.69. The molecule has 1 unspecified atom stereocenters. The highest BCUT2D eigenvalue weighted by molar-refractivity contribution is 6.46. The Labute approximate surface area is 201 Å². The van der Waals surface area contributed by atoms with E-state index in [1.807, 2.05) is 24.3 Å². The molecule has 0 radical (unpaired) electrons. The van der Waals surface area contributed by atoms with Gasteiger partial charge in [0.2, 0.25) is 5.78 Å². The quantitative estimate of drug-likeness (QED) is 0.391. The van der Waals surface area contributed by atoms with E-state index in [1.165, 1.54) is 17.3 Å². The second-order valence-electron chi connectivity index (χ2n) is 10.0. The van der Waals surface area contributed by atoms with E-state index in [0.29, 0.717) is 12.1 Å². The molecule has 2 aromatic rings. The minimum Gasteiger partial charge on any atom is -0.872 e. The van der Waals surface area contributed by atoms with E-state index in [1.54, 1.807) is 17.0 Å². The van der Waals surface area contributed by atoms with Crippen LogP contribution < -0.4 is 10.0 Å². The largest absolute Gasteiger partial charge is 0.872 e. The van der Waals surface area contributed by atoms with Gasteiger partial charge in [0.05, 0.1) is 25.8 Å². The van der Waals surface area contributed by atoms with Gasteiger partial charge in [-0.15, -0.1) is 0 Å². The lowest BCUT2D eigenvalue weighted by Crippen LogP contribution is -3.14. The van der Waals surface area contributed by atoms with Crippen molar-refractivity contribution in [2.24, 2.45) is 0 Å². The summed E-state index contributed by atoms with van der Waals surface area (Å²) in [7, 11) is 0. The number of aromatic nitrogens is 1. The van der Waals surface area contributed by atoms with Crippen molar-refractivity contribution >= 4 is 17.4 Å². The van der Waals surface area contributed by atoms with E-state index in [4.69, 9.17) is 4.74 Å². The highest BCUT2D eigenvalue weighted by atomic mass is 16.5. The number of nitrogens with one attached hydrogen (secondary N) is 1. The summed E-state index contributed by atoms with van der Waals surface area (Å²) in [4.78, 5) is 33.2. The molecule has 1 N–H and O–H groups in total. The summed E-state index contributed by atoms with van der Waals surface area (Å²) in [6, 6.07) is 10.4. The monoisotopic (exact) mass is 463 g/mol. The predicted molar refractivity (Wildman–Crippen MR) is 127 cm³/mol. The fourth-order valence-corrected chi connectivity index (χ4v) is 4.68. The number of amides is 1. The van der Waals surface area contributed by atoms with Crippen molar-refractivity contribution in [1.29, 1.82) is 0 Å². The minimum absolute atomic E-state index is 0.0263. The molecule has 3 heterocycles. The van der Waals surface area contributed by atoms with Crippen LogP contribution in [0.5, 0.6) is 0 Å². The van der Waals surface area contributed by atoms with Gasteiger partial charge in [-0.3, -0.25) is 14.6 Å². The Bertz CT molecular complexity index is 1050. The third-order valence-corrected chi connectivity index (χ3v) is 6.69. The van der Waals surface area contributed by atoms with Crippen LogP contribution in [0.1, 0.15) is 49.9 Å². The molecule has 2 aliphatic rings. The van der Waals surface area contributed by atoms with Crippen LogP contribution >= 0.6 is 0 Å². The first kappa shape index (κ1) is 24.1. The van der Waals surface area contributed by atoms with Gasteiger partial charge < -0.3 is 19.6 Å². The Morgan fingerprint density at radius 3 is 2.35 bits per heavy atom. The molecule has 180 valence electrons. The molecule has 0 bridgehead atoms. The van der Waals surface area contributed by atoms with Crippen molar-refractivity contribution in [1.82, 2.24) is 9.88 Å². The normalized spacial score (nSPS) is 21.3. The van der Waals surface area contributed by atoms with Crippen molar-refractivity contribution < 1.29 is 24.3 Å². The van der Waals surface area contributed by atoms with Gasteiger partial charge in [0.15, 0.2) is 0 Å². The lowest BCUT2D eigenvalue weighted by Gasteiger charge is -2.29. The van der Waals surface area contributed by atoms with E-state index in [-0.39, 0.29) is 11.0 Å². The number of hydrogen-bond donors (Lipinski definition) is 1. The van der Waals surface area contributed by atoms with E-state index >= 15 is 0 Å². The SMILES string of the molecule is CC(C)(C)c1ccc(C2/C(=C(\[O-])c3ccncc3)C(=O)C(=O)N2CCC[NH+]2CCOCC2)cc1. The Morgan fingerprint density at radius 1 is 1.09 bits per heavy atom. The van der Waals surface area contributed by atoms with Crippen molar-refractivity contribution in [3.63, 3.8) is 0 Å². The van der Waals surface area contributed by atoms with Crippen LogP contribution in [-0.4, -0.2) is 61.0 Å². The van der Waals surface area contributed by atoms with Gasteiger partial charge in [0.1, 0.15) is 13.1 Å². The molecular weight excluding hydrogens is 430 g/mol. The number of rotatable bonds is 6. The van der Waals surface area contributed by atoms with E-state index in [9.17, 15) is 14.7 Å². The van der Waals surface area contributed by atoms with Crippen LogP contribution in [0.25, 0.3) is 5.76 Å². The molecule has 34 heavy (non-hydrogen) atoms. The molecule has 0 aliphatic carbocycles. The number of carbonyl (C=O) groups is 2. The smallest absolute Gasteiger partial charge is 0.295 e. The number of morpholine rings is 1. The summed E-state index contributed by atoms with van der Waals surface area (Å²) in [6.07, 6.45) is 3.79. The summed E-state index contributed by atoms with van der Waals surface area (Å²) in [6.45, 7) is 11.1. The molecule has 4 rings (SSSR count). The molecule has 1 atom stereocenters. The maximum atomic E-state index is 13.4. The zero-order valence-corrected chi connectivity index (χ0v) is 20.2. The number of carbonyl (C=O) groups excluding carboxylic acids is 2. The second kappa shape index (κ2) is 10.1. The number of nitrogens with zero attached hydrogens (tertiary/aromatic N) is 2. The summed E-state index contributed by atoms with van der Waals surface area (Å²) < 4.78 is 5.43. The molecule has 2 fully saturated rings. The number of hydrogen-bond acceptors (Lipinski definition) is 5. The maximum absolute atomic E-state index is 13.4. The standard InChI is InChI=1S/C27H33N3O4/c1-27(2,3)21-7-5-19(6-8-21)23-22(24(31)20-9-11-28-12-10-20)25(32)26(33)30(23)14-4-13-29-15-17-34-18-16-29/h5-12,23,31H,4,13-18H2,1-3H3/b24-22+. The molecule has 2 saturated heterocycles. The topological polar surface area (TPSA) is 87.0 Å². The molecule has 0 saturated carbocycles. The Kier molecular flexibility index (Phi) is 7.14. The zero-order chi connectivity index (χ0) is 24.3. The van der Waals surface area contributed by atoms with Crippen LogP contribution in [0.4, 0.5) is 0 Å². The fraction of sp³-hybridized carbons (Fsp3) is 0.444. The first-order chi connectivity index (χ1) is 16.3. The number of ketones is 1. The lowest BCUT2D eigenvalue weighted by atomic mass is 9.85. The van der Waals surface area contributed by atoms with E-state index in [2.05, 4.69) is 25.8 Å². The average molecular weight is 464 g/mol. The van der Waals surface area contributed by atoms with Crippen molar-refractivity contribution in [3.8, 4) is 0 Å². The fourth-order valence-electron chi connectivity index (χ4n) is 4.68. The number of pyridine rings is 1. The van der Waals surface area contributed by atoms with E-state index in [0.717, 1.165) is 50.4 Å². The highest BCUT2D eigenvalue weighted by Gasteiger charge is 2.44. The van der Waals surface area contributed by atoms with Crippen molar-refractivity contribution in [3.05, 3.63) is 71.1 Å². The molecule has 0 spiro atoms. The second-order valence-corrected chi connectivity index (χ2v) is 10.0. The number of Topliss-reactive ketones (excluding diaryl/α,β-unsaturated/α-hetero) is 1. The van der Waals surface area contributed by atoms with Crippen LogP contribution in [-0.2, 0) is 19.7 Å². The van der Waals surface area contributed by atoms with Crippen molar-refractivity contribution in [2.45, 2.75) is 38.6 Å². The van der Waals surface area contributed by atoms with Crippen molar-refractivity contribution in [2.75, 3.05) is 39.4 Å². The molecule has 1 amide bonds. The highest BCUT2D eigenvalue weighted by Crippen LogP contribution is 2.39. The van der Waals surface area contributed by atoms with Crippen LogP contribution in [0, 0.1) is 0 Å². The van der Waals surface area contributed by atoms with Crippen LogP contribution in [0.3, 0.4) is 0 Å². The molecule has 1 aromatic carbocycles. The lowest BCUT2D eigenvalue weighted by molar-refractivity contribution is -0.908. The average Bonchev–Trinajstić information content (AvgIpc) is 3.09. The molecule has 7 heteroatoms. The first-order valence-electron chi connectivity index (χ1n) is 12.0. The summed E-state index contributed by atoms with van der Waals surface area (Å²) in [5.41, 5.74) is 2.29. The molecule has 2 aliphatic heterocycles. The van der Waals surface area contributed by atoms with E-state index < -0.39 is 23.5 Å². The third kappa shape index (κ3) is 5.05. The summed E-state index contributed by atoms with van der Waals surface area (Å²) in [5.74, 6) is -1.71. The van der Waals surface area contributed by atoms with Gasteiger partial charge >= 0.3 is 0 Å². The van der Waals surface area contributed by atoms with Gasteiger partial charge in [-0.2, -0.15) is 0 Å². The summed E-state index contributed by atoms with van der Waals surface area (Å²) in [5, 5.41) is 13.4. The van der Waals surface area contributed by atoms with Gasteiger partial charge in [0, 0.05) is 30.9 Å². The zero-order valence-electron chi connectivity index (χ0n) is 20.2. The van der Waals surface area contributed by atoms with Gasteiger partial charge in [0.25, 0.3) is 5.91 Å². The molecule has 1 aromatic heterocycles. The number of quaternary nitrogens is 1. The minimum atomic E-state index is -0.703. The molecule has 7 nitrogen and oxygen atoms in total. The van der Waals surface area contributed by atoms with Gasteiger partial charge in [-0.1, -0.05) is 50.8 Å². The number of benzene rings is 1. The predicted octanol–water partition coefficient (Wildman–Crippen LogP) is 0.908. The number of ether oxygens (including phenoxy) is 1. The molecular formula is C27H33N3O4. The number of likely N-dealkylation sites (tertiary alicyclic amines) is 1. The Balaban J connectivity index is 1.67. The Hall–Kier alpha value is -3.03. The summed E-state index contributed by atoms with van der Waals surface area (Å²) >= 11 is 0. The Morgan fingerprint density at radius 2 is 1.74 bits per heavy atom. The van der Waals surface area contributed by atoms with Gasteiger partial charge in [-0.05, 0) is 34.2 Å². The maximum Gasteiger partial charge on any atom is 0.295 e. The van der Waals surface area contributed by atoms with Crippen LogP contribution in [0.15, 0.2) is 54.4 Å².